The maximum atomic E-state index is 10.6. The van der Waals surface area contributed by atoms with Gasteiger partial charge in [-0.3, -0.25) is 4.18 Å². The zero-order valence-electron chi connectivity index (χ0n) is 5.49. The van der Waals surface area contributed by atoms with E-state index in [0.717, 1.165) is 0 Å². The molecule has 0 aromatic heterocycles. The Morgan fingerprint density at radius 1 is 1.55 bits per heavy atom. The quantitative estimate of drug-likeness (QED) is 0.338. The van der Waals surface area contributed by atoms with Gasteiger partial charge in [0.15, 0.2) is 0 Å². The van der Waals surface area contributed by atoms with E-state index in [1.54, 1.807) is 0 Å². The molecule has 0 bridgehead atoms. The van der Waals surface area contributed by atoms with Gasteiger partial charge >= 0.3 is 29.6 Å². The molecule has 0 aromatic rings. The first-order chi connectivity index (χ1) is 4.62. The van der Waals surface area contributed by atoms with Crippen molar-refractivity contribution in [1.82, 2.24) is 0 Å². The average Bonchev–Trinajstić information content (AvgIpc) is 1.84. The first-order valence-corrected chi connectivity index (χ1v) is 4.29. The van der Waals surface area contributed by atoms with E-state index < -0.39 is 16.7 Å². The molecule has 62 valence electrons. The predicted molar refractivity (Wildman–Crippen MR) is 44.2 cm³/mol. The summed E-state index contributed by atoms with van der Waals surface area (Å²) < 4.78 is 25.4. The zero-order chi connectivity index (χ0) is 8.04. The molecule has 0 spiro atoms. The molecule has 0 radical (unpaired) electrons. The summed E-state index contributed by atoms with van der Waals surface area (Å²) in [6, 6.07) is 0. The minimum atomic E-state index is -3.52. The predicted octanol–water partition coefficient (Wildman–Crippen LogP) is -1.14. The van der Waals surface area contributed by atoms with Gasteiger partial charge < -0.3 is 5.11 Å². The molecular weight excluding hydrogens is 179 g/mol. The van der Waals surface area contributed by atoms with Crippen molar-refractivity contribution >= 4 is 39.7 Å². The molecule has 1 N–H and O–H groups in total. The summed E-state index contributed by atoms with van der Waals surface area (Å²) in [6.07, 6.45) is 1.33. The summed E-state index contributed by atoms with van der Waals surface area (Å²) in [5, 5.41) is 8.22. The third-order valence-electron chi connectivity index (χ3n) is 0.707. The van der Waals surface area contributed by atoms with Crippen LogP contribution in [0.4, 0.5) is 0 Å². The van der Waals surface area contributed by atoms with Crippen LogP contribution in [0.2, 0.25) is 0 Å². The Hall–Kier alpha value is 0.610. The molecule has 0 rings (SSSR count). The van der Waals surface area contributed by atoms with E-state index >= 15 is 0 Å². The number of aliphatic hydroxyl groups is 1. The fraction of sp³-hybridized carbons (Fsp3) is 0.600. The fourth-order valence-electron chi connectivity index (χ4n) is 0.323. The van der Waals surface area contributed by atoms with Gasteiger partial charge in [0.25, 0.3) is 10.1 Å². The number of rotatable bonds is 5. The van der Waals surface area contributed by atoms with E-state index in [-0.39, 0.29) is 41.9 Å². The Bertz CT molecular complexity index is 187. The Labute approximate surface area is 88.7 Å². The number of hydrogen-bond acceptors (Lipinski definition) is 4. The standard InChI is InChI=1S/C5H10O4S.Na.H/c1-2-4-9-10(7,8)5-3-6;;/h2,6H,1,3-5H2;;. The van der Waals surface area contributed by atoms with Crippen molar-refractivity contribution in [1.29, 1.82) is 0 Å². The molecule has 11 heavy (non-hydrogen) atoms. The van der Waals surface area contributed by atoms with E-state index in [4.69, 9.17) is 5.11 Å². The monoisotopic (exact) mass is 190 g/mol. The summed E-state index contributed by atoms with van der Waals surface area (Å²) in [5.41, 5.74) is 0. The summed E-state index contributed by atoms with van der Waals surface area (Å²) in [7, 11) is -3.52. The van der Waals surface area contributed by atoms with Crippen molar-refractivity contribution in [2.75, 3.05) is 19.0 Å². The van der Waals surface area contributed by atoms with Crippen molar-refractivity contribution in [3.8, 4) is 0 Å². The van der Waals surface area contributed by atoms with Gasteiger partial charge in [0.1, 0.15) is 0 Å². The van der Waals surface area contributed by atoms with Crippen molar-refractivity contribution in [2.45, 2.75) is 0 Å². The molecule has 0 amide bonds. The minimum absolute atomic E-state index is 0. The molecule has 0 saturated carbocycles. The summed E-state index contributed by atoms with van der Waals surface area (Å²) >= 11 is 0. The van der Waals surface area contributed by atoms with Crippen LogP contribution in [0.5, 0.6) is 0 Å². The third kappa shape index (κ3) is 8.52. The van der Waals surface area contributed by atoms with Crippen LogP contribution >= 0.6 is 0 Å². The first-order valence-electron chi connectivity index (χ1n) is 2.71. The van der Waals surface area contributed by atoms with E-state index in [9.17, 15) is 8.42 Å². The van der Waals surface area contributed by atoms with Gasteiger partial charge in [0, 0.05) is 0 Å². The van der Waals surface area contributed by atoms with Crippen molar-refractivity contribution < 1.29 is 17.7 Å². The Morgan fingerprint density at radius 2 is 2.09 bits per heavy atom. The average molecular weight is 190 g/mol. The molecule has 0 aliphatic rings. The van der Waals surface area contributed by atoms with Gasteiger partial charge in [-0.2, -0.15) is 8.42 Å². The van der Waals surface area contributed by atoms with E-state index in [1.165, 1.54) is 6.08 Å². The Kier molecular flexibility index (Phi) is 9.35. The molecule has 0 saturated heterocycles. The van der Waals surface area contributed by atoms with Crippen LogP contribution in [0.25, 0.3) is 0 Å². The molecule has 0 aromatic carbocycles. The fourth-order valence-corrected chi connectivity index (χ4v) is 0.968. The topological polar surface area (TPSA) is 63.6 Å². The second kappa shape index (κ2) is 7.27. The molecule has 0 heterocycles. The molecule has 0 unspecified atom stereocenters. The summed E-state index contributed by atoms with van der Waals surface area (Å²) in [6.45, 7) is 2.82. The van der Waals surface area contributed by atoms with Crippen LogP contribution in [0.1, 0.15) is 0 Å². The molecular formula is C5H11NaO4S. The van der Waals surface area contributed by atoms with Crippen molar-refractivity contribution in [3.05, 3.63) is 12.7 Å². The second-order valence-corrected chi connectivity index (χ2v) is 3.32. The van der Waals surface area contributed by atoms with Crippen LogP contribution in [0.3, 0.4) is 0 Å². The van der Waals surface area contributed by atoms with Crippen LogP contribution in [-0.2, 0) is 14.3 Å². The molecule has 0 fully saturated rings. The molecule has 0 aliphatic carbocycles. The molecule has 0 aliphatic heterocycles. The summed E-state index contributed by atoms with van der Waals surface area (Å²) in [4.78, 5) is 0. The first kappa shape index (κ1) is 14.2. The zero-order valence-corrected chi connectivity index (χ0v) is 6.30. The van der Waals surface area contributed by atoms with Gasteiger partial charge in [0.2, 0.25) is 0 Å². The molecule has 6 heteroatoms. The van der Waals surface area contributed by atoms with Crippen molar-refractivity contribution in [3.63, 3.8) is 0 Å². The maximum absolute atomic E-state index is 10.6. The van der Waals surface area contributed by atoms with E-state index in [1.807, 2.05) is 0 Å². The number of hydrogen-bond donors (Lipinski definition) is 1. The molecule has 0 atom stereocenters. The molecule has 4 nitrogen and oxygen atoms in total. The van der Waals surface area contributed by atoms with E-state index in [2.05, 4.69) is 10.8 Å². The summed E-state index contributed by atoms with van der Waals surface area (Å²) in [5.74, 6) is -0.360. The van der Waals surface area contributed by atoms with Crippen LogP contribution < -0.4 is 0 Å². The van der Waals surface area contributed by atoms with Crippen LogP contribution in [-0.4, -0.2) is 62.0 Å². The number of aliphatic hydroxyl groups excluding tert-OH is 1. The van der Waals surface area contributed by atoms with Crippen molar-refractivity contribution in [2.24, 2.45) is 0 Å². The Balaban J connectivity index is 0. The second-order valence-electron chi connectivity index (χ2n) is 1.56. The van der Waals surface area contributed by atoms with E-state index in [0.29, 0.717) is 0 Å². The van der Waals surface area contributed by atoms with Gasteiger partial charge in [-0.15, -0.1) is 6.58 Å². The van der Waals surface area contributed by atoms with Gasteiger partial charge in [-0.1, -0.05) is 6.08 Å². The Morgan fingerprint density at radius 3 is 2.45 bits per heavy atom. The van der Waals surface area contributed by atoms with Crippen LogP contribution in [0.15, 0.2) is 12.7 Å². The normalized spacial score (nSPS) is 10.3. The SMILES string of the molecule is C=CCOS(=O)(=O)CCO.[NaH]. The third-order valence-corrected chi connectivity index (χ3v) is 1.88. The van der Waals surface area contributed by atoms with Gasteiger partial charge in [-0.25, -0.2) is 0 Å². The van der Waals surface area contributed by atoms with Gasteiger partial charge in [-0.05, 0) is 0 Å². The van der Waals surface area contributed by atoms with Gasteiger partial charge in [0.05, 0.1) is 19.0 Å². The van der Waals surface area contributed by atoms with Crippen LogP contribution in [0, 0.1) is 0 Å².